The van der Waals surface area contributed by atoms with E-state index in [1.54, 1.807) is 4.90 Å². The molecule has 2 amide bonds. The number of hydrogen-bond donors (Lipinski definition) is 1. The summed E-state index contributed by atoms with van der Waals surface area (Å²) >= 11 is 1.54. The highest BCUT2D eigenvalue weighted by molar-refractivity contribution is 7.09. The van der Waals surface area contributed by atoms with E-state index in [9.17, 15) is 9.59 Å². The molecule has 1 atom stereocenters. The molecule has 1 N–H and O–H groups in total. The summed E-state index contributed by atoms with van der Waals surface area (Å²) in [6.45, 7) is 0.830. The zero-order valence-electron chi connectivity index (χ0n) is 16.6. The molecular formula is C24H23N3O2S. The van der Waals surface area contributed by atoms with Crippen LogP contribution in [0, 0.1) is 5.92 Å². The van der Waals surface area contributed by atoms with Crippen molar-refractivity contribution in [2.45, 2.75) is 32.2 Å². The maximum absolute atomic E-state index is 12.7. The van der Waals surface area contributed by atoms with Crippen molar-refractivity contribution in [1.29, 1.82) is 0 Å². The number of rotatable bonds is 5. The average molecular weight is 418 g/mol. The van der Waals surface area contributed by atoms with Crippen LogP contribution >= 0.6 is 11.3 Å². The van der Waals surface area contributed by atoms with Crippen LogP contribution in [0.1, 0.15) is 29.0 Å². The van der Waals surface area contributed by atoms with Gasteiger partial charge >= 0.3 is 0 Å². The molecule has 1 aromatic heterocycles. The van der Waals surface area contributed by atoms with Crippen LogP contribution in [0.5, 0.6) is 0 Å². The monoisotopic (exact) mass is 417 g/mol. The maximum Gasteiger partial charge on any atom is 0.227 e. The molecule has 5 nitrogen and oxygen atoms in total. The molecule has 1 saturated heterocycles. The van der Waals surface area contributed by atoms with Crippen molar-refractivity contribution in [2.75, 3.05) is 11.4 Å². The van der Waals surface area contributed by atoms with Gasteiger partial charge in [-0.2, -0.15) is 0 Å². The number of nitrogens with one attached hydrogen (secondary N) is 1. The van der Waals surface area contributed by atoms with E-state index in [0.29, 0.717) is 13.1 Å². The van der Waals surface area contributed by atoms with Gasteiger partial charge in [-0.3, -0.25) is 9.59 Å². The zero-order chi connectivity index (χ0) is 20.5. The smallest absolute Gasteiger partial charge is 0.227 e. The van der Waals surface area contributed by atoms with Crippen LogP contribution in [-0.4, -0.2) is 23.3 Å². The number of fused-ring (bicyclic) bond motifs is 1. The van der Waals surface area contributed by atoms with Gasteiger partial charge in [-0.15, -0.1) is 11.3 Å². The Morgan fingerprint density at radius 3 is 2.83 bits per heavy atom. The quantitative estimate of drug-likeness (QED) is 0.683. The van der Waals surface area contributed by atoms with Gasteiger partial charge in [-0.1, -0.05) is 36.4 Å². The number of thiazole rings is 1. The zero-order valence-corrected chi connectivity index (χ0v) is 17.5. The first-order valence-electron chi connectivity index (χ1n) is 10.4. The molecule has 0 spiro atoms. The number of aryl methyl sites for hydroxylation is 2. The fourth-order valence-electron chi connectivity index (χ4n) is 4.30. The van der Waals surface area contributed by atoms with Gasteiger partial charge in [0.1, 0.15) is 5.01 Å². The molecule has 2 heterocycles. The molecule has 1 aliphatic carbocycles. The fourth-order valence-corrected chi connectivity index (χ4v) is 5.04. The summed E-state index contributed by atoms with van der Waals surface area (Å²) in [7, 11) is 0. The predicted molar refractivity (Wildman–Crippen MR) is 118 cm³/mol. The molecule has 0 bridgehead atoms. The minimum atomic E-state index is -0.320. The standard InChI is InChI=1S/C24H23N3O2S/c28-23-12-19(14-27(23)20-10-9-16-7-4-8-18(16)11-20)24(29)25-13-22-26-21(15-30-22)17-5-2-1-3-6-17/h1-3,5-6,9-11,15,19H,4,7-8,12-14H2,(H,25,29). The van der Waals surface area contributed by atoms with Crippen molar-refractivity contribution in [2.24, 2.45) is 5.92 Å². The van der Waals surface area contributed by atoms with E-state index in [1.165, 1.54) is 28.9 Å². The van der Waals surface area contributed by atoms with Crippen LogP contribution in [0.4, 0.5) is 5.69 Å². The molecule has 2 aromatic carbocycles. The first-order valence-corrected chi connectivity index (χ1v) is 11.2. The Balaban J connectivity index is 1.20. The van der Waals surface area contributed by atoms with Crippen LogP contribution in [0.15, 0.2) is 53.9 Å². The van der Waals surface area contributed by atoms with E-state index in [2.05, 4.69) is 22.4 Å². The lowest BCUT2D eigenvalue weighted by Crippen LogP contribution is -2.32. The molecule has 0 radical (unpaired) electrons. The number of nitrogens with zero attached hydrogens (tertiary/aromatic N) is 2. The van der Waals surface area contributed by atoms with Gasteiger partial charge in [0.05, 0.1) is 18.2 Å². The molecule has 1 fully saturated rings. The lowest BCUT2D eigenvalue weighted by atomic mass is 10.1. The number of aromatic nitrogens is 1. The Morgan fingerprint density at radius 2 is 1.97 bits per heavy atom. The fraction of sp³-hybridized carbons (Fsp3) is 0.292. The number of carbonyl (C=O) groups excluding carboxylic acids is 2. The highest BCUT2D eigenvalue weighted by atomic mass is 32.1. The molecule has 3 aromatic rings. The second-order valence-electron chi connectivity index (χ2n) is 7.92. The molecule has 0 saturated carbocycles. The third kappa shape index (κ3) is 3.75. The third-order valence-electron chi connectivity index (χ3n) is 5.92. The van der Waals surface area contributed by atoms with E-state index in [0.717, 1.165) is 34.8 Å². The Hall–Kier alpha value is -2.99. The molecule has 1 unspecified atom stereocenters. The van der Waals surface area contributed by atoms with E-state index in [-0.39, 0.29) is 24.2 Å². The minimum absolute atomic E-state index is 0.0220. The van der Waals surface area contributed by atoms with Gasteiger partial charge in [-0.05, 0) is 42.5 Å². The average Bonchev–Trinajstić information content (AvgIpc) is 3.51. The van der Waals surface area contributed by atoms with Crippen LogP contribution < -0.4 is 10.2 Å². The molecule has 6 heteroatoms. The Kier molecular flexibility index (Phi) is 5.09. The van der Waals surface area contributed by atoms with Gasteiger partial charge in [-0.25, -0.2) is 4.98 Å². The van der Waals surface area contributed by atoms with Crippen LogP contribution in [0.3, 0.4) is 0 Å². The van der Waals surface area contributed by atoms with Crippen molar-refractivity contribution in [3.05, 3.63) is 70.0 Å². The van der Waals surface area contributed by atoms with Crippen LogP contribution in [0.2, 0.25) is 0 Å². The van der Waals surface area contributed by atoms with E-state index >= 15 is 0 Å². The number of anilines is 1. The van der Waals surface area contributed by atoms with Gasteiger partial charge in [0.25, 0.3) is 0 Å². The van der Waals surface area contributed by atoms with Gasteiger partial charge in [0.15, 0.2) is 0 Å². The number of carbonyl (C=O) groups is 2. The molecular weight excluding hydrogens is 394 g/mol. The van der Waals surface area contributed by atoms with Crippen molar-refractivity contribution in [3.8, 4) is 11.3 Å². The molecule has 152 valence electrons. The molecule has 1 aliphatic heterocycles. The summed E-state index contributed by atoms with van der Waals surface area (Å²) < 4.78 is 0. The van der Waals surface area contributed by atoms with Crippen LogP contribution in [-0.2, 0) is 29.0 Å². The Labute approximate surface area is 179 Å². The van der Waals surface area contributed by atoms with Crippen molar-refractivity contribution in [1.82, 2.24) is 10.3 Å². The second kappa shape index (κ2) is 8.03. The second-order valence-corrected chi connectivity index (χ2v) is 8.86. The molecule has 5 rings (SSSR count). The number of benzene rings is 2. The topological polar surface area (TPSA) is 62.3 Å². The summed E-state index contributed by atoms with van der Waals surface area (Å²) in [6.07, 6.45) is 3.64. The minimum Gasteiger partial charge on any atom is -0.349 e. The summed E-state index contributed by atoms with van der Waals surface area (Å²) in [4.78, 5) is 31.6. The van der Waals surface area contributed by atoms with Gasteiger partial charge in [0.2, 0.25) is 11.8 Å². The molecule has 2 aliphatic rings. The van der Waals surface area contributed by atoms with E-state index in [4.69, 9.17) is 0 Å². The Bertz CT molecular complexity index is 1090. The number of amides is 2. The predicted octanol–water partition coefficient (Wildman–Crippen LogP) is 3.97. The Morgan fingerprint density at radius 1 is 1.13 bits per heavy atom. The van der Waals surface area contributed by atoms with Gasteiger partial charge < -0.3 is 10.2 Å². The SMILES string of the molecule is O=C(NCc1nc(-c2ccccc2)cs1)C1CC(=O)N(c2ccc3c(c2)CCC3)C1. The first kappa shape index (κ1) is 19.0. The van der Waals surface area contributed by atoms with Crippen molar-refractivity contribution in [3.63, 3.8) is 0 Å². The molecule has 30 heavy (non-hydrogen) atoms. The van der Waals surface area contributed by atoms with Crippen molar-refractivity contribution >= 4 is 28.8 Å². The highest BCUT2D eigenvalue weighted by Gasteiger charge is 2.35. The van der Waals surface area contributed by atoms with Gasteiger partial charge in [0, 0.05) is 29.6 Å². The lowest BCUT2D eigenvalue weighted by molar-refractivity contribution is -0.126. The maximum atomic E-state index is 12.7. The van der Waals surface area contributed by atoms with Crippen LogP contribution in [0.25, 0.3) is 11.3 Å². The first-order chi connectivity index (χ1) is 14.7. The van der Waals surface area contributed by atoms with E-state index < -0.39 is 0 Å². The van der Waals surface area contributed by atoms with Crippen molar-refractivity contribution < 1.29 is 9.59 Å². The summed E-state index contributed by atoms with van der Waals surface area (Å²) in [6, 6.07) is 16.3. The number of hydrogen-bond acceptors (Lipinski definition) is 4. The third-order valence-corrected chi connectivity index (χ3v) is 6.77. The largest absolute Gasteiger partial charge is 0.349 e. The lowest BCUT2D eigenvalue weighted by Gasteiger charge is -2.18. The van der Waals surface area contributed by atoms with E-state index in [1.807, 2.05) is 41.8 Å². The summed E-state index contributed by atoms with van der Waals surface area (Å²) in [5.41, 5.74) is 5.63. The highest BCUT2D eigenvalue weighted by Crippen LogP contribution is 2.30. The summed E-state index contributed by atoms with van der Waals surface area (Å²) in [5.74, 6) is -0.378. The summed E-state index contributed by atoms with van der Waals surface area (Å²) in [5, 5.41) is 5.84. The normalized spacial score (nSPS) is 17.9.